The molecule has 2 fully saturated rings. The number of aromatic nitrogens is 2. The summed E-state index contributed by atoms with van der Waals surface area (Å²) in [4.78, 5) is 25.6. The van der Waals surface area contributed by atoms with Crippen LogP contribution in [0.4, 0.5) is 4.79 Å². The van der Waals surface area contributed by atoms with E-state index in [1.54, 1.807) is 0 Å². The molecule has 3 aromatic rings. The van der Waals surface area contributed by atoms with Crippen LogP contribution < -0.4 is 0 Å². The zero-order valence-corrected chi connectivity index (χ0v) is 24.3. The second-order valence-corrected chi connectivity index (χ2v) is 12.9. The van der Waals surface area contributed by atoms with E-state index < -0.39 is 11.2 Å². The second-order valence-electron chi connectivity index (χ2n) is 12.9. The Hall–Kier alpha value is -2.94. The molecule has 8 nitrogen and oxygen atoms in total. The average molecular weight is 547 g/mol. The number of aliphatic hydroxyl groups is 1. The van der Waals surface area contributed by atoms with Gasteiger partial charge in [0.1, 0.15) is 11.2 Å². The molecule has 0 radical (unpaired) electrons. The molecule has 1 aromatic carbocycles. The van der Waals surface area contributed by atoms with Crippen LogP contribution in [0.2, 0.25) is 0 Å². The lowest BCUT2D eigenvalue weighted by molar-refractivity contribution is -0.0815. The lowest BCUT2D eigenvalue weighted by Crippen LogP contribution is -2.48. The van der Waals surface area contributed by atoms with Crippen LogP contribution in [0, 0.1) is 6.92 Å². The molecule has 6 rings (SSSR count). The minimum Gasteiger partial charge on any atom is -0.444 e. The number of carbonyl (C=O) groups is 1. The molecule has 5 heterocycles. The number of fused-ring (bicyclic) bond motifs is 2. The number of aryl methyl sites for hydroxylation is 1. The highest BCUT2D eigenvalue weighted by Crippen LogP contribution is 2.41. The maximum atomic E-state index is 13.3. The first-order chi connectivity index (χ1) is 19.1. The van der Waals surface area contributed by atoms with Crippen molar-refractivity contribution in [2.45, 2.75) is 83.6 Å². The molecule has 1 amide bonds. The van der Waals surface area contributed by atoms with Gasteiger partial charge in [0, 0.05) is 75.6 Å². The standard InChI is InChI=1S/C32H42N4O4/c1-21-17-33-29-25(21)16-24(18-34-29)23-14-22-7-11-35(20-32(38)8-12-39-13-9-32)19-27(22)26(15-23)28-6-5-10-36(28)30(37)40-31(2,3)4/h14-18,28,38H,5-13,19-20H2,1-4H3,(H,33,34)/t28-/m0/s1. The molecule has 2 aromatic heterocycles. The van der Waals surface area contributed by atoms with Gasteiger partial charge in [0.15, 0.2) is 0 Å². The van der Waals surface area contributed by atoms with Gasteiger partial charge < -0.3 is 24.5 Å². The molecule has 0 bridgehead atoms. The molecule has 0 unspecified atom stereocenters. The van der Waals surface area contributed by atoms with Gasteiger partial charge in [0.05, 0.1) is 11.6 Å². The van der Waals surface area contributed by atoms with E-state index >= 15 is 0 Å². The van der Waals surface area contributed by atoms with Crippen LogP contribution in [0.15, 0.2) is 30.6 Å². The van der Waals surface area contributed by atoms with Gasteiger partial charge in [0.25, 0.3) is 0 Å². The van der Waals surface area contributed by atoms with E-state index in [2.05, 4.69) is 35.0 Å². The van der Waals surface area contributed by atoms with Gasteiger partial charge in [-0.25, -0.2) is 9.78 Å². The number of carbonyl (C=O) groups excluding carboxylic acids is 1. The number of nitrogens with zero attached hydrogens (tertiary/aromatic N) is 3. The minimum atomic E-state index is -0.707. The van der Waals surface area contributed by atoms with Crippen molar-refractivity contribution in [1.29, 1.82) is 0 Å². The third-order valence-corrected chi connectivity index (χ3v) is 8.71. The van der Waals surface area contributed by atoms with E-state index in [9.17, 15) is 9.90 Å². The predicted molar refractivity (Wildman–Crippen MR) is 155 cm³/mol. The normalized spacial score (nSPS) is 21.5. The van der Waals surface area contributed by atoms with E-state index in [-0.39, 0.29) is 12.1 Å². The summed E-state index contributed by atoms with van der Waals surface area (Å²) in [7, 11) is 0. The molecule has 0 spiro atoms. The van der Waals surface area contributed by atoms with E-state index in [0.717, 1.165) is 54.5 Å². The highest BCUT2D eigenvalue weighted by molar-refractivity contribution is 5.84. The molecule has 214 valence electrons. The number of likely N-dealkylation sites (tertiary alicyclic amines) is 1. The quantitative estimate of drug-likeness (QED) is 0.449. The zero-order valence-electron chi connectivity index (χ0n) is 24.3. The lowest BCUT2D eigenvalue weighted by atomic mass is 9.85. The summed E-state index contributed by atoms with van der Waals surface area (Å²) in [6.07, 6.45) is 7.80. The lowest BCUT2D eigenvalue weighted by Gasteiger charge is -2.40. The number of H-pyrrole nitrogens is 1. The maximum absolute atomic E-state index is 13.3. The van der Waals surface area contributed by atoms with Crippen LogP contribution in [0.1, 0.15) is 74.8 Å². The Labute approximate surface area is 236 Å². The van der Waals surface area contributed by atoms with Gasteiger partial charge >= 0.3 is 6.09 Å². The van der Waals surface area contributed by atoms with Crippen LogP contribution in [0.5, 0.6) is 0 Å². The Morgan fingerprint density at radius 2 is 2.00 bits per heavy atom. The molecular weight excluding hydrogens is 504 g/mol. The summed E-state index contributed by atoms with van der Waals surface area (Å²) in [6.45, 7) is 12.1. The zero-order chi connectivity index (χ0) is 28.1. The highest BCUT2D eigenvalue weighted by Gasteiger charge is 2.37. The number of β-amino-alcohol motifs (C(OH)–C–C–N with tert-alkyl or cyclic N) is 1. The number of ether oxygens (including phenoxy) is 2. The summed E-state index contributed by atoms with van der Waals surface area (Å²) in [5.74, 6) is 0. The van der Waals surface area contributed by atoms with Crippen molar-refractivity contribution in [3.05, 3.63) is 52.8 Å². The number of benzene rings is 1. The summed E-state index contributed by atoms with van der Waals surface area (Å²) in [5.41, 5.74) is 6.85. The van der Waals surface area contributed by atoms with Crippen LogP contribution in [0.3, 0.4) is 0 Å². The van der Waals surface area contributed by atoms with Crippen molar-refractivity contribution in [3.8, 4) is 11.1 Å². The van der Waals surface area contributed by atoms with Crippen molar-refractivity contribution in [2.24, 2.45) is 0 Å². The first-order valence-electron chi connectivity index (χ1n) is 14.7. The predicted octanol–water partition coefficient (Wildman–Crippen LogP) is 5.51. The van der Waals surface area contributed by atoms with E-state index in [1.165, 1.54) is 22.3 Å². The Morgan fingerprint density at radius 1 is 1.20 bits per heavy atom. The minimum absolute atomic E-state index is 0.0413. The molecule has 1 atom stereocenters. The Kier molecular flexibility index (Phi) is 7.13. The number of hydrogen-bond acceptors (Lipinski definition) is 6. The molecule has 0 aliphatic carbocycles. The van der Waals surface area contributed by atoms with Crippen molar-refractivity contribution in [3.63, 3.8) is 0 Å². The van der Waals surface area contributed by atoms with Crippen LogP contribution in [0.25, 0.3) is 22.2 Å². The molecule has 2 N–H and O–H groups in total. The number of hydrogen-bond donors (Lipinski definition) is 2. The third-order valence-electron chi connectivity index (χ3n) is 8.71. The molecule has 3 aliphatic heterocycles. The molecule has 2 saturated heterocycles. The number of amides is 1. The summed E-state index contributed by atoms with van der Waals surface area (Å²) in [6, 6.07) is 6.77. The molecule has 40 heavy (non-hydrogen) atoms. The number of aromatic amines is 1. The van der Waals surface area contributed by atoms with Gasteiger partial charge in [-0.15, -0.1) is 0 Å². The molecular formula is C32H42N4O4. The van der Waals surface area contributed by atoms with Crippen LogP contribution >= 0.6 is 0 Å². The van der Waals surface area contributed by atoms with Crippen LogP contribution in [-0.4, -0.2) is 75.0 Å². The fourth-order valence-electron chi connectivity index (χ4n) is 6.60. The first kappa shape index (κ1) is 27.2. The summed E-state index contributed by atoms with van der Waals surface area (Å²) >= 11 is 0. The molecule has 0 saturated carbocycles. The van der Waals surface area contributed by atoms with Crippen LogP contribution in [-0.2, 0) is 22.4 Å². The monoisotopic (exact) mass is 546 g/mol. The number of pyridine rings is 1. The fourth-order valence-corrected chi connectivity index (χ4v) is 6.60. The van der Waals surface area contributed by atoms with Gasteiger partial charge in [-0.2, -0.15) is 0 Å². The van der Waals surface area contributed by atoms with Crippen molar-refractivity contribution < 1.29 is 19.4 Å². The van der Waals surface area contributed by atoms with Crippen molar-refractivity contribution in [2.75, 3.05) is 32.8 Å². The maximum Gasteiger partial charge on any atom is 0.410 e. The molecule has 8 heteroatoms. The molecule has 3 aliphatic rings. The number of rotatable bonds is 4. The smallest absolute Gasteiger partial charge is 0.410 e. The Morgan fingerprint density at radius 3 is 2.77 bits per heavy atom. The van der Waals surface area contributed by atoms with Gasteiger partial charge in [0.2, 0.25) is 0 Å². The average Bonchev–Trinajstić information content (AvgIpc) is 3.54. The summed E-state index contributed by atoms with van der Waals surface area (Å²) in [5, 5.41) is 12.4. The SMILES string of the molecule is Cc1c[nH]c2ncc(-c3cc4c(c([C@@H]5CCCN5C(=O)OC(C)(C)C)c3)CN(CC3(O)CCOCC3)CC4)cc12. The second kappa shape index (κ2) is 10.5. The topological polar surface area (TPSA) is 90.9 Å². The third kappa shape index (κ3) is 5.49. The Bertz CT molecular complexity index is 1400. The van der Waals surface area contributed by atoms with E-state index in [0.29, 0.717) is 39.1 Å². The number of nitrogens with one attached hydrogen (secondary N) is 1. The van der Waals surface area contributed by atoms with E-state index in [1.807, 2.05) is 38.1 Å². The van der Waals surface area contributed by atoms with Gasteiger partial charge in [-0.1, -0.05) is 6.07 Å². The highest BCUT2D eigenvalue weighted by atomic mass is 16.6. The van der Waals surface area contributed by atoms with E-state index in [4.69, 9.17) is 14.5 Å². The largest absolute Gasteiger partial charge is 0.444 e. The van der Waals surface area contributed by atoms with Crippen molar-refractivity contribution in [1.82, 2.24) is 19.8 Å². The van der Waals surface area contributed by atoms with Crippen molar-refractivity contribution >= 4 is 17.1 Å². The first-order valence-corrected chi connectivity index (χ1v) is 14.7. The van der Waals surface area contributed by atoms with Gasteiger partial charge in [-0.05, 0) is 86.9 Å². The Balaban J connectivity index is 1.38. The fraction of sp³-hybridized carbons (Fsp3) is 0.562. The van der Waals surface area contributed by atoms with Gasteiger partial charge in [-0.3, -0.25) is 4.90 Å². The summed E-state index contributed by atoms with van der Waals surface area (Å²) < 4.78 is 11.4.